The van der Waals surface area contributed by atoms with Crippen LogP contribution in [-0.4, -0.2) is 23.7 Å². The number of carboxylic acids is 1. The van der Waals surface area contributed by atoms with Gasteiger partial charge in [-0.25, -0.2) is 9.59 Å². The average molecular weight is 355 g/mol. The number of esters is 1. The minimum absolute atomic E-state index is 0.150. The number of hydrogen-bond donors (Lipinski definition) is 1. The molecule has 1 N–H and O–H groups in total. The lowest BCUT2D eigenvalue weighted by atomic mass is 10.1. The number of ether oxygens (including phenoxy) is 1. The fraction of sp³-hybridized carbons (Fsp3) is 0.714. The van der Waals surface area contributed by atoms with Gasteiger partial charge in [0.1, 0.15) is 0 Å². The molecule has 0 unspecified atom stereocenters. The highest BCUT2D eigenvalue weighted by Crippen LogP contribution is 2.10. The molecule has 4 nitrogen and oxygen atoms in total. The maximum atomic E-state index is 11.5. The molecule has 0 atom stereocenters. The summed E-state index contributed by atoms with van der Waals surface area (Å²) >= 11 is 0. The van der Waals surface area contributed by atoms with Crippen molar-refractivity contribution in [2.24, 2.45) is 0 Å². The summed E-state index contributed by atoms with van der Waals surface area (Å²) in [5.41, 5.74) is 0.736. The smallest absolute Gasteiger partial charge is 0.333 e. The zero-order valence-electron chi connectivity index (χ0n) is 16.5. The molecular weight excluding hydrogens is 316 g/mol. The Morgan fingerprint density at radius 1 is 0.920 bits per heavy atom. The molecule has 0 radical (unpaired) electrons. The molecule has 0 aromatic carbocycles. The van der Waals surface area contributed by atoms with Crippen LogP contribution >= 0.6 is 0 Å². The number of aliphatic carboxylic acids is 1. The number of hydrogen-bond acceptors (Lipinski definition) is 3. The zero-order valence-corrected chi connectivity index (χ0v) is 16.5. The number of rotatable bonds is 14. The molecule has 0 aromatic rings. The van der Waals surface area contributed by atoms with Crippen molar-refractivity contribution in [2.75, 3.05) is 6.61 Å². The Morgan fingerprint density at radius 2 is 1.36 bits per heavy atom. The highest BCUT2D eigenvalue weighted by molar-refractivity contribution is 5.87. The number of unbranched alkanes of at least 4 members (excludes halogenated alkanes) is 9. The molecule has 0 aliphatic carbocycles. The van der Waals surface area contributed by atoms with Crippen LogP contribution < -0.4 is 0 Å². The molecule has 0 heterocycles. The molecule has 25 heavy (non-hydrogen) atoms. The highest BCUT2D eigenvalue weighted by Gasteiger charge is 2.03. The lowest BCUT2D eigenvalue weighted by molar-refractivity contribution is -0.139. The van der Waals surface area contributed by atoms with E-state index in [1.54, 1.807) is 0 Å². The first-order valence-corrected chi connectivity index (χ1v) is 9.68. The van der Waals surface area contributed by atoms with Crippen LogP contribution in [0, 0.1) is 0 Å². The predicted molar refractivity (Wildman–Crippen MR) is 105 cm³/mol. The van der Waals surface area contributed by atoms with Crippen molar-refractivity contribution in [2.45, 2.75) is 91.4 Å². The van der Waals surface area contributed by atoms with E-state index >= 15 is 0 Å². The molecule has 0 fully saturated rings. The molecule has 4 heteroatoms. The van der Waals surface area contributed by atoms with Gasteiger partial charge in [0, 0.05) is 11.6 Å². The Bertz CT molecular complexity index is 372. The van der Waals surface area contributed by atoms with Crippen LogP contribution in [0.5, 0.6) is 0 Å². The van der Waals surface area contributed by atoms with Crippen LogP contribution in [0.15, 0.2) is 24.3 Å². The maximum absolute atomic E-state index is 11.5. The van der Waals surface area contributed by atoms with E-state index in [0.717, 1.165) is 24.5 Å². The van der Waals surface area contributed by atoms with E-state index in [9.17, 15) is 9.59 Å². The van der Waals surface area contributed by atoms with E-state index in [1.165, 1.54) is 57.8 Å². The van der Waals surface area contributed by atoms with Crippen molar-refractivity contribution < 1.29 is 19.4 Å². The standard InChI is InChI=1S/C18H34O2.C3H4O2/c1-4-6-7-8-9-10-11-12-13-14-16-20-18(19)17(3)15-5-2;1-2-3(4)5/h15H,4-14,16H2,1-3H3;2H,1H2,(H,4,5). The first-order valence-electron chi connectivity index (χ1n) is 9.68. The van der Waals surface area contributed by atoms with Crippen molar-refractivity contribution in [3.05, 3.63) is 24.3 Å². The second kappa shape index (κ2) is 20.5. The van der Waals surface area contributed by atoms with Gasteiger partial charge in [0.05, 0.1) is 6.61 Å². The molecular formula is C21H38O4. The zero-order chi connectivity index (χ0) is 19.3. The third-order valence-corrected chi connectivity index (χ3v) is 3.74. The number of allylic oxidation sites excluding steroid dienone is 1. The van der Waals surface area contributed by atoms with Crippen LogP contribution in [0.25, 0.3) is 0 Å². The van der Waals surface area contributed by atoms with Crippen LogP contribution in [0.4, 0.5) is 0 Å². The summed E-state index contributed by atoms with van der Waals surface area (Å²) in [6.45, 7) is 9.64. The molecule has 0 rings (SSSR count). The van der Waals surface area contributed by atoms with Gasteiger partial charge < -0.3 is 9.84 Å². The first kappa shape index (κ1) is 25.7. The Hall–Kier alpha value is -1.58. The monoisotopic (exact) mass is 354 g/mol. The van der Waals surface area contributed by atoms with Crippen molar-refractivity contribution in [1.29, 1.82) is 0 Å². The van der Waals surface area contributed by atoms with E-state index in [0.29, 0.717) is 6.61 Å². The Kier molecular flexibility index (Phi) is 21.0. The van der Waals surface area contributed by atoms with Gasteiger partial charge in [-0.05, 0) is 19.8 Å². The largest absolute Gasteiger partial charge is 0.478 e. The molecule has 0 amide bonds. The Morgan fingerprint density at radius 3 is 1.76 bits per heavy atom. The van der Waals surface area contributed by atoms with Crippen LogP contribution in [0.3, 0.4) is 0 Å². The normalized spacial score (nSPS) is 10.6. The van der Waals surface area contributed by atoms with Gasteiger partial charge in [0.2, 0.25) is 0 Å². The van der Waals surface area contributed by atoms with Gasteiger partial charge >= 0.3 is 11.9 Å². The fourth-order valence-electron chi connectivity index (χ4n) is 2.26. The maximum Gasteiger partial charge on any atom is 0.333 e. The predicted octanol–water partition coefficient (Wildman–Crippen LogP) is 6.06. The summed E-state index contributed by atoms with van der Waals surface area (Å²) in [6.07, 6.45) is 16.7. The molecule has 146 valence electrons. The molecule has 0 saturated heterocycles. The number of carboxylic acid groups (broad SMARTS) is 1. The number of carbonyl (C=O) groups is 2. The lowest BCUT2D eigenvalue weighted by Gasteiger charge is -2.05. The minimum Gasteiger partial charge on any atom is -0.478 e. The second-order valence-electron chi connectivity index (χ2n) is 6.16. The van der Waals surface area contributed by atoms with E-state index in [2.05, 4.69) is 13.5 Å². The third-order valence-electron chi connectivity index (χ3n) is 3.74. The summed E-state index contributed by atoms with van der Waals surface area (Å²) < 4.78 is 5.22. The topological polar surface area (TPSA) is 63.6 Å². The van der Waals surface area contributed by atoms with Gasteiger partial charge in [-0.1, -0.05) is 84.3 Å². The van der Waals surface area contributed by atoms with E-state index in [1.807, 2.05) is 19.9 Å². The Labute approximate surface area is 154 Å². The van der Waals surface area contributed by atoms with Gasteiger partial charge in [0.15, 0.2) is 0 Å². The summed E-state index contributed by atoms with van der Waals surface area (Å²) in [7, 11) is 0. The lowest BCUT2D eigenvalue weighted by Crippen LogP contribution is -2.07. The highest BCUT2D eigenvalue weighted by atomic mass is 16.5. The van der Waals surface area contributed by atoms with Crippen molar-refractivity contribution in [1.82, 2.24) is 0 Å². The molecule has 0 aliphatic heterocycles. The van der Waals surface area contributed by atoms with Crippen LogP contribution in [0.2, 0.25) is 0 Å². The average Bonchev–Trinajstić information content (AvgIpc) is 2.60. The minimum atomic E-state index is -0.981. The fourth-order valence-corrected chi connectivity index (χ4v) is 2.26. The molecule has 0 bridgehead atoms. The van der Waals surface area contributed by atoms with Gasteiger partial charge in [-0.15, -0.1) is 0 Å². The van der Waals surface area contributed by atoms with Gasteiger partial charge in [0.25, 0.3) is 0 Å². The van der Waals surface area contributed by atoms with Crippen LogP contribution in [0.1, 0.15) is 91.4 Å². The van der Waals surface area contributed by atoms with Crippen molar-refractivity contribution >= 4 is 11.9 Å². The van der Waals surface area contributed by atoms with E-state index in [-0.39, 0.29) is 5.97 Å². The SMILES string of the molecule is C=CC(=O)O.CCC=C(C)C(=O)OCCCCCCCCCCCC. The van der Waals surface area contributed by atoms with E-state index < -0.39 is 5.97 Å². The molecule has 0 saturated carbocycles. The quantitative estimate of drug-likeness (QED) is 0.234. The Balaban J connectivity index is 0. The molecule has 0 aromatic heterocycles. The van der Waals surface area contributed by atoms with E-state index in [4.69, 9.17) is 9.84 Å². The first-order chi connectivity index (χ1) is 12.0. The summed E-state index contributed by atoms with van der Waals surface area (Å²) in [4.78, 5) is 20.8. The molecule has 0 aliphatic rings. The third kappa shape index (κ3) is 22.4. The van der Waals surface area contributed by atoms with Gasteiger partial charge in [-0.2, -0.15) is 0 Å². The summed E-state index contributed by atoms with van der Waals surface area (Å²) in [5.74, 6) is -1.13. The van der Waals surface area contributed by atoms with Gasteiger partial charge in [-0.3, -0.25) is 0 Å². The van der Waals surface area contributed by atoms with Crippen molar-refractivity contribution in [3.63, 3.8) is 0 Å². The second-order valence-corrected chi connectivity index (χ2v) is 6.16. The van der Waals surface area contributed by atoms with Crippen molar-refractivity contribution in [3.8, 4) is 0 Å². The van der Waals surface area contributed by atoms with Crippen LogP contribution in [-0.2, 0) is 14.3 Å². The summed E-state index contributed by atoms with van der Waals surface area (Å²) in [5, 5.41) is 7.60. The molecule has 0 spiro atoms. The summed E-state index contributed by atoms with van der Waals surface area (Å²) in [6, 6.07) is 0. The number of carbonyl (C=O) groups excluding carboxylic acids is 1.